The van der Waals surface area contributed by atoms with Crippen molar-refractivity contribution >= 4 is 5.91 Å². The molecule has 0 saturated carbocycles. The maximum absolute atomic E-state index is 11.3. The summed E-state index contributed by atoms with van der Waals surface area (Å²) in [7, 11) is 1.67. The fourth-order valence-corrected chi connectivity index (χ4v) is 2.08. The Morgan fingerprint density at radius 2 is 2.24 bits per heavy atom. The summed E-state index contributed by atoms with van der Waals surface area (Å²) in [5.41, 5.74) is 5.38. The van der Waals surface area contributed by atoms with E-state index in [4.69, 9.17) is 15.2 Å². The van der Waals surface area contributed by atoms with E-state index < -0.39 is 0 Å². The number of rotatable bonds is 7. The molecule has 0 aliphatic carbocycles. The lowest BCUT2D eigenvalue weighted by atomic mass is 10.2. The van der Waals surface area contributed by atoms with Crippen molar-refractivity contribution in [2.45, 2.75) is 32.4 Å². The van der Waals surface area contributed by atoms with Crippen molar-refractivity contribution in [3.63, 3.8) is 0 Å². The van der Waals surface area contributed by atoms with Gasteiger partial charge in [-0.05, 0) is 12.3 Å². The predicted octanol–water partition coefficient (Wildman–Crippen LogP) is 0.234. The number of hydrogen-bond donors (Lipinski definition) is 1. The van der Waals surface area contributed by atoms with Crippen LogP contribution in [-0.4, -0.2) is 56.4 Å². The van der Waals surface area contributed by atoms with E-state index in [9.17, 15) is 4.79 Å². The normalized spacial score (nSPS) is 25.6. The molecule has 5 nitrogen and oxygen atoms in total. The van der Waals surface area contributed by atoms with Gasteiger partial charge in [0.05, 0.1) is 18.8 Å². The number of nitrogens with zero attached hydrogens (tertiary/aromatic N) is 1. The van der Waals surface area contributed by atoms with Crippen LogP contribution in [-0.2, 0) is 14.3 Å². The monoisotopic (exact) mass is 244 g/mol. The summed E-state index contributed by atoms with van der Waals surface area (Å²) in [6.07, 6.45) is 0.799. The SMILES string of the molecule is CO[C@H]1C[C@@H](C(N)=O)N(CCOCC(C)C)C1. The molecule has 2 N–H and O–H groups in total. The Morgan fingerprint density at radius 3 is 2.76 bits per heavy atom. The second-order valence-corrected chi connectivity index (χ2v) is 4.98. The van der Waals surface area contributed by atoms with Crippen LogP contribution in [0.4, 0.5) is 0 Å². The van der Waals surface area contributed by atoms with Crippen LogP contribution < -0.4 is 5.73 Å². The van der Waals surface area contributed by atoms with Gasteiger partial charge in [0.2, 0.25) is 5.91 Å². The molecule has 100 valence electrons. The lowest BCUT2D eigenvalue weighted by Crippen LogP contribution is -2.41. The van der Waals surface area contributed by atoms with Gasteiger partial charge in [-0.25, -0.2) is 0 Å². The minimum Gasteiger partial charge on any atom is -0.380 e. The van der Waals surface area contributed by atoms with Gasteiger partial charge in [0.25, 0.3) is 0 Å². The molecule has 0 radical (unpaired) electrons. The molecule has 0 spiro atoms. The number of carbonyl (C=O) groups is 1. The maximum Gasteiger partial charge on any atom is 0.234 e. The van der Waals surface area contributed by atoms with E-state index in [0.717, 1.165) is 19.7 Å². The first kappa shape index (κ1) is 14.4. The molecule has 0 aromatic carbocycles. The van der Waals surface area contributed by atoms with Crippen molar-refractivity contribution in [2.24, 2.45) is 11.7 Å². The molecule has 0 aromatic heterocycles. The summed E-state index contributed by atoms with van der Waals surface area (Å²) in [5.74, 6) is 0.264. The van der Waals surface area contributed by atoms with Gasteiger partial charge < -0.3 is 15.2 Å². The van der Waals surface area contributed by atoms with Gasteiger partial charge in [0, 0.05) is 26.8 Å². The summed E-state index contributed by atoms with van der Waals surface area (Å²) < 4.78 is 10.8. The highest BCUT2D eigenvalue weighted by Gasteiger charge is 2.35. The first-order valence-corrected chi connectivity index (χ1v) is 6.18. The van der Waals surface area contributed by atoms with Crippen LogP contribution in [0.2, 0.25) is 0 Å². The molecule has 1 aliphatic rings. The largest absolute Gasteiger partial charge is 0.380 e. The van der Waals surface area contributed by atoms with Gasteiger partial charge in [0.15, 0.2) is 0 Å². The van der Waals surface area contributed by atoms with Gasteiger partial charge >= 0.3 is 0 Å². The average Bonchev–Trinajstić information content (AvgIpc) is 2.67. The predicted molar refractivity (Wildman–Crippen MR) is 65.6 cm³/mol. The van der Waals surface area contributed by atoms with Gasteiger partial charge in [0.1, 0.15) is 0 Å². The van der Waals surface area contributed by atoms with Crippen LogP contribution in [0, 0.1) is 5.92 Å². The average molecular weight is 244 g/mol. The molecule has 2 atom stereocenters. The lowest BCUT2D eigenvalue weighted by molar-refractivity contribution is -0.122. The molecule has 1 amide bonds. The third kappa shape index (κ3) is 4.61. The van der Waals surface area contributed by atoms with Crippen LogP contribution in [0.15, 0.2) is 0 Å². The number of primary amides is 1. The molecule has 1 aliphatic heterocycles. The van der Waals surface area contributed by atoms with E-state index in [-0.39, 0.29) is 18.1 Å². The number of hydrogen-bond acceptors (Lipinski definition) is 4. The second-order valence-electron chi connectivity index (χ2n) is 4.98. The summed E-state index contributed by atoms with van der Waals surface area (Å²) in [4.78, 5) is 13.4. The first-order valence-electron chi connectivity index (χ1n) is 6.18. The van der Waals surface area contributed by atoms with E-state index in [2.05, 4.69) is 18.7 Å². The Bertz CT molecular complexity index is 246. The molecule has 17 heavy (non-hydrogen) atoms. The summed E-state index contributed by atoms with van der Waals surface area (Å²) in [6.45, 7) is 7.11. The van der Waals surface area contributed by atoms with Crippen molar-refractivity contribution in [3.05, 3.63) is 0 Å². The number of likely N-dealkylation sites (tertiary alicyclic amines) is 1. The van der Waals surface area contributed by atoms with E-state index >= 15 is 0 Å². The highest BCUT2D eigenvalue weighted by molar-refractivity contribution is 5.80. The number of carbonyl (C=O) groups excluding carboxylic acids is 1. The minimum absolute atomic E-state index is 0.109. The van der Waals surface area contributed by atoms with Crippen molar-refractivity contribution in [1.29, 1.82) is 0 Å². The molecule has 1 saturated heterocycles. The quantitative estimate of drug-likeness (QED) is 0.651. The second kappa shape index (κ2) is 6.93. The van der Waals surface area contributed by atoms with Gasteiger partial charge in [-0.15, -0.1) is 0 Å². The zero-order valence-corrected chi connectivity index (χ0v) is 11.0. The Hall–Kier alpha value is -0.650. The highest BCUT2D eigenvalue weighted by atomic mass is 16.5. The Morgan fingerprint density at radius 1 is 1.53 bits per heavy atom. The van der Waals surface area contributed by atoms with Crippen LogP contribution in [0.1, 0.15) is 20.3 Å². The Kier molecular flexibility index (Phi) is 5.88. The van der Waals surface area contributed by atoms with E-state index in [1.807, 2.05) is 0 Å². The zero-order valence-electron chi connectivity index (χ0n) is 11.0. The van der Waals surface area contributed by atoms with Gasteiger partial charge in [-0.1, -0.05) is 13.8 Å². The van der Waals surface area contributed by atoms with Crippen molar-refractivity contribution in [3.8, 4) is 0 Å². The summed E-state index contributed by atoms with van der Waals surface area (Å²) >= 11 is 0. The molecule has 1 rings (SSSR count). The topological polar surface area (TPSA) is 64.8 Å². The van der Waals surface area contributed by atoms with E-state index in [0.29, 0.717) is 18.9 Å². The fraction of sp³-hybridized carbons (Fsp3) is 0.917. The molecule has 0 bridgehead atoms. The standard InChI is InChI=1S/C12H24N2O3/c1-9(2)8-17-5-4-14-7-10(16-3)6-11(14)12(13)15/h9-11H,4-8H2,1-3H3,(H2,13,15)/t10-,11-/m0/s1. The number of amides is 1. The first-order chi connectivity index (χ1) is 8.04. The molecule has 0 aromatic rings. The van der Waals surface area contributed by atoms with Gasteiger partial charge in [-0.2, -0.15) is 0 Å². The molecule has 1 heterocycles. The van der Waals surface area contributed by atoms with Crippen molar-refractivity contribution in [1.82, 2.24) is 4.90 Å². The highest BCUT2D eigenvalue weighted by Crippen LogP contribution is 2.19. The summed E-state index contributed by atoms with van der Waals surface area (Å²) in [6, 6.07) is -0.206. The molecular formula is C12H24N2O3. The van der Waals surface area contributed by atoms with Crippen molar-refractivity contribution in [2.75, 3.05) is 33.4 Å². The van der Waals surface area contributed by atoms with Crippen LogP contribution >= 0.6 is 0 Å². The molecule has 5 heteroatoms. The van der Waals surface area contributed by atoms with E-state index in [1.165, 1.54) is 0 Å². The van der Waals surface area contributed by atoms with E-state index in [1.54, 1.807) is 7.11 Å². The Labute approximate surface area is 103 Å². The van der Waals surface area contributed by atoms with Crippen LogP contribution in [0.25, 0.3) is 0 Å². The number of nitrogens with two attached hydrogens (primary N) is 1. The molecule has 0 unspecified atom stereocenters. The van der Waals surface area contributed by atoms with Crippen molar-refractivity contribution < 1.29 is 14.3 Å². The fourth-order valence-electron chi connectivity index (χ4n) is 2.08. The third-order valence-corrected chi connectivity index (χ3v) is 3.00. The zero-order chi connectivity index (χ0) is 12.8. The maximum atomic E-state index is 11.3. The Balaban J connectivity index is 2.32. The molecule has 1 fully saturated rings. The minimum atomic E-state index is -0.270. The van der Waals surface area contributed by atoms with Crippen LogP contribution in [0.3, 0.4) is 0 Å². The smallest absolute Gasteiger partial charge is 0.234 e. The third-order valence-electron chi connectivity index (χ3n) is 3.00. The lowest BCUT2D eigenvalue weighted by Gasteiger charge is -2.21. The number of ether oxygens (including phenoxy) is 2. The number of methoxy groups -OCH3 is 1. The van der Waals surface area contributed by atoms with Gasteiger partial charge in [-0.3, -0.25) is 9.69 Å². The summed E-state index contributed by atoms with van der Waals surface area (Å²) in [5, 5.41) is 0. The van der Waals surface area contributed by atoms with Crippen LogP contribution in [0.5, 0.6) is 0 Å². The molecular weight excluding hydrogens is 220 g/mol.